The van der Waals surface area contributed by atoms with Gasteiger partial charge in [-0.3, -0.25) is 0 Å². The van der Waals surface area contributed by atoms with Crippen molar-refractivity contribution in [1.29, 1.82) is 5.26 Å². The lowest BCUT2D eigenvalue weighted by molar-refractivity contribution is 0.267. The first-order valence-corrected chi connectivity index (χ1v) is 21.7. The summed E-state index contributed by atoms with van der Waals surface area (Å²) in [6.07, 6.45) is 24.3. The fourth-order valence-corrected chi connectivity index (χ4v) is 10.5. The molecule has 0 spiro atoms. The van der Waals surface area contributed by atoms with Gasteiger partial charge in [0, 0.05) is 22.1 Å². The Bertz CT molecular complexity index is 3100. The first-order valence-electron chi connectivity index (χ1n) is 21.7. The standard InChI is InChI=1S/C57H47NO2/c1-36(57(43-20-15-39(35-58)16-21-43)48-26-28-50-52-31-45-10-3-5-12-47(45)33-56(52)60-54(50)34-48)40-22-24-42(25-23-40)41-18-13-37(14-19-41)7-6-8-38-17-27-49-51-30-44-9-2-4-11-46(44)32-55(51)59-53(49)29-38/h2-5,9-22,24-25,27-34,36,40,48-49,53,57H,6-8,23,26H2,1H3/t36?,40?,48?,49?,53-,57?/m0/s1. The van der Waals surface area contributed by atoms with Gasteiger partial charge in [0.15, 0.2) is 0 Å². The van der Waals surface area contributed by atoms with Gasteiger partial charge in [-0.1, -0.05) is 128 Å². The normalized spacial score (nSPS) is 21.1. The van der Waals surface area contributed by atoms with E-state index in [1.807, 2.05) is 12.1 Å². The van der Waals surface area contributed by atoms with Crippen molar-refractivity contribution in [3.8, 4) is 11.8 Å². The maximum atomic E-state index is 9.57. The van der Waals surface area contributed by atoms with Gasteiger partial charge < -0.3 is 9.15 Å². The monoisotopic (exact) mass is 777 g/mol. The molecule has 2 heterocycles. The Morgan fingerprint density at radius 2 is 1.45 bits per heavy atom. The van der Waals surface area contributed by atoms with Crippen LogP contribution in [0.3, 0.4) is 0 Å². The highest BCUT2D eigenvalue weighted by molar-refractivity contribution is 5.96. The molecular weight excluding hydrogens is 731 g/mol. The van der Waals surface area contributed by atoms with Gasteiger partial charge in [-0.15, -0.1) is 0 Å². The van der Waals surface area contributed by atoms with Crippen molar-refractivity contribution >= 4 is 50.2 Å². The van der Waals surface area contributed by atoms with Crippen molar-refractivity contribution in [3.05, 3.63) is 202 Å². The molecule has 0 fully saturated rings. The maximum Gasteiger partial charge on any atom is 0.136 e. The van der Waals surface area contributed by atoms with E-state index in [1.54, 1.807) is 0 Å². The first kappa shape index (κ1) is 36.4. The first-order chi connectivity index (χ1) is 29.5. The Balaban J connectivity index is 0.752. The number of furan rings is 1. The quantitative estimate of drug-likeness (QED) is 0.147. The minimum Gasteiger partial charge on any atom is -0.485 e. The van der Waals surface area contributed by atoms with E-state index in [1.165, 1.54) is 65.5 Å². The summed E-state index contributed by atoms with van der Waals surface area (Å²) in [7, 11) is 0. The lowest BCUT2D eigenvalue weighted by atomic mass is 9.69. The molecule has 60 heavy (non-hydrogen) atoms. The Morgan fingerprint density at radius 1 is 0.717 bits per heavy atom. The van der Waals surface area contributed by atoms with Crippen LogP contribution in [0.5, 0.6) is 5.75 Å². The lowest BCUT2D eigenvalue weighted by Gasteiger charge is -2.35. The molecule has 5 unspecified atom stereocenters. The predicted octanol–water partition coefficient (Wildman–Crippen LogP) is 12.6. The van der Waals surface area contributed by atoms with Gasteiger partial charge in [-0.25, -0.2) is 0 Å². The molecule has 292 valence electrons. The molecule has 11 rings (SSSR count). The summed E-state index contributed by atoms with van der Waals surface area (Å²) >= 11 is 0. The summed E-state index contributed by atoms with van der Waals surface area (Å²) in [5.74, 6) is 2.63. The third-order valence-corrected chi connectivity index (χ3v) is 13.8. The number of rotatable bonds is 9. The van der Waals surface area contributed by atoms with E-state index in [-0.39, 0.29) is 17.9 Å². The summed E-state index contributed by atoms with van der Waals surface area (Å²) in [5.41, 5.74) is 10.5. The fourth-order valence-electron chi connectivity index (χ4n) is 10.5. The number of hydrogen-bond acceptors (Lipinski definition) is 3. The van der Waals surface area contributed by atoms with Crippen LogP contribution < -0.4 is 15.4 Å². The molecule has 6 atom stereocenters. The Hall–Kier alpha value is -6.63. The van der Waals surface area contributed by atoms with Crippen molar-refractivity contribution in [2.24, 2.45) is 17.8 Å². The third kappa shape index (κ3) is 6.71. The zero-order valence-corrected chi connectivity index (χ0v) is 33.9. The molecular formula is C57H47NO2. The van der Waals surface area contributed by atoms with E-state index < -0.39 is 0 Å². The number of fused-ring (bicyclic) bond motifs is 8. The number of nitriles is 1. The summed E-state index contributed by atoms with van der Waals surface area (Å²) < 4.78 is 13.0. The number of nitrogens with zero attached hydrogens (tertiary/aromatic N) is 1. The van der Waals surface area contributed by atoms with E-state index >= 15 is 0 Å². The van der Waals surface area contributed by atoms with E-state index in [0.29, 0.717) is 23.3 Å². The molecule has 1 aromatic heterocycles. The van der Waals surface area contributed by atoms with Gasteiger partial charge in [0.05, 0.1) is 11.6 Å². The zero-order chi connectivity index (χ0) is 40.2. The molecule has 0 bridgehead atoms. The van der Waals surface area contributed by atoms with Crippen molar-refractivity contribution in [3.63, 3.8) is 0 Å². The van der Waals surface area contributed by atoms with Crippen molar-refractivity contribution in [1.82, 2.24) is 0 Å². The van der Waals surface area contributed by atoms with E-state index in [0.717, 1.165) is 48.9 Å². The molecule has 0 N–H and O–H groups in total. The van der Waals surface area contributed by atoms with Crippen LogP contribution in [0.15, 0.2) is 168 Å². The highest BCUT2D eigenvalue weighted by Gasteiger charge is 2.34. The Kier molecular flexibility index (Phi) is 9.23. The molecule has 3 heteroatoms. The minimum atomic E-state index is 0.0916. The molecule has 3 nitrogen and oxygen atoms in total. The maximum absolute atomic E-state index is 9.57. The fraction of sp³-hybridized carbons (Fsp3) is 0.211. The smallest absolute Gasteiger partial charge is 0.136 e. The number of aryl methyl sites for hydroxylation is 1. The van der Waals surface area contributed by atoms with Gasteiger partial charge in [0.2, 0.25) is 0 Å². The largest absolute Gasteiger partial charge is 0.485 e. The van der Waals surface area contributed by atoms with Gasteiger partial charge in [-0.2, -0.15) is 5.26 Å². The van der Waals surface area contributed by atoms with Crippen molar-refractivity contribution in [2.45, 2.75) is 57.0 Å². The number of ether oxygens (including phenoxy) is 1. The van der Waals surface area contributed by atoms with Crippen LogP contribution in [0.2, 0.25) is 0 Å². The Morgan fingerprint density at radius 3 is 2.20 bits per heavy atom. The zero-order valence-electron chi connectivity index (χ0n) is 33.9. The highest BCUT2D eigenvalue weighted by Crippen LogP contribution is 2.45. The third-order valence-electron chi connectivity index (χ3n) is 13.8. The number of benzene rings is 6. The van der Waals surface area contributed by atoms with E-state index in [2.05, 4.69) is 171 Å². The van der Waals surface area contributed by atoms with E-state index in [9.17, 15) is 5.26 Å². The van der Waals surface area contributed by atoms with Gasteiger partial charge in [-0.05, 0) is 154 Å². The molecule has 1 aliphatic heterocycles. The molecule has 0 amide bonds. The Labute approximate surface area is 351 Å². The highest BCUT2D eigenvalue weighted by atomic mass is 16.5. The van der Waals surface area contributed by atoms with Gasteiger partial charge in [0.25, 0.3) is 0 Å². The topological polar surface area (TPSA) is 46.2 Å². The molecule has 6 aromatic carbocycles. The van der Waals surface area contributed by atoms with Gasteiger partial charge >= 0.3 is 0 Å². The summed E-state index contributed by atoms with van der Waals surface area (Å²) in [6.45, 7) is 2.42. The second kappa shape index (κ2) is 15.2. The molecule has 0 saturated heterocycles. The van der Waals surface area contributed by atoms with Crippen LogP contribution in [0.4, 0.5) is 0 Å². The van der Waals surface area contributed by atoms with Crippen LogP contribution in [0.1, 0.15) is 72.3 Å². The number of hydrogen-bond donors (Lipinski definition) is 0. The average Bonchev–Trinajstić information content (AvgIpc) is 3.84. The second-order valence-electron chi connectivity index (χ2n) is 17.4. The van der Waals surface area contributed by atoms with Crippen LogP contribution in [-0.2, 0) is 6.42 Å². The van der Waals surface area contributed by atoms with E-state index in [4.69, 9.17) is 9.15 Å². The summed E-state index contributed by atoms with van der Waals surface area (Å²) in [4.78, 5) is 0. The number of allylic oxidation sites excluding steroid dienone is 6. The van der Waals surface area contributed by atoms with Crippen LogP contribution >= 0.6 is 0 Å². The predicted molar refractivity (Wildman–Crippen MR) is 246 cm³/mol. The lowest BCUT2D eigenvalue weighted by Crippen LogP contribution is -2.31. The summed E-state index contributed by atoms with van der Waals surface area (Å²) in [6, 6.07) is 45.8. The molecule has 0 saturated carbocycles. The van der Waals surface area contributed by atoms with Crippen molar-refractivity contribution in [2.75, 3.05) is 0 Å². The van der Waals surface area contributed by atoms with Crippen molar-refractivity contribution < 1.29 is 9.15 Å². The van der Waals surface area contributed by atoms with Crippen LogP contribution in [0, 0.1) is 29.1 Å². The van der Waals surface area contributed by atoms with Crippen LogP contribution in [0.25, 0.3) is 50.2 Å². The molecule has 0 radical (unpaired) electrons. The minimum absolute atomic E-state index is 0.0916. The SMILES string of the molecule is CC(C1C=CC(c2ccc(CCCC3=C[C@@H]4Oc5cc6ccccc6cc5C4C=C3)cc2)=CC1)C(c1ccc(C#N)cc1)C1C=c2oc3cc4ccccc4cc3c2=CC1. The average molecular weight is 778 g/mol. The molecule has 7 aromatic rings. The molecule has 3 aliphatic carbocycles. The second-order valence-corrected chi connectivity index (χ2v) is 17.4. The van der Waals surface area contributed by atoms with Crippen LogP contribution in [-0.4, -0.2) is 6.10 Å². The molecule has 4 aliphatic rings. The summed E-state index contributed by atoms with van der Waals surface area (Å²) in [5, 5.41) is 16.9. The van der Waals surface area contributed by atoms with Gasteiger partial charge in [0.1, 0.15) is 22.9 Å².